The monoisotopic (exact) mass is 525 g/mol. The first-order chi connectivity index (χ1) is 18.4. The molecule has 1 amide bonds. The van der Waals surface area contributed by atoms with Crippen molar-refractivity contribution in [2.24, 2.45) is 0 Å². The Bertz CT molecular complexity index is 1620. The second-order valence-corrected chi connectivity index (χ2v) is 9.74. The summed E-state index contributed by atoms with van der Waals surface area (Å²) in [6.07, 6.45) is 5.02. The second-order valence-electron chi connectivity index (χ2n) is 9.33. The SMILES string of the molecule is Cc1ccc2c(c1)c(C=O)c(CCCc1ccccc1)n2CNC(=O)c1ccc(-n2cnc(C)n2)cc1Cl. The lowest BCUT2D eigenvalue weighted by atomic mass is 10.0. The molecule has 0 radical (unpaired) electrons. The topological polar surface area (TPSA) is 81.8 Å². The Balaban J connectivity index is 1.39. The van der Waals surface area contributed by atoms with Crippen molar-refractivity contribution >= 4 is 34.7 Å². The van der Waals surface area contributed by atoms with Gasteiger partial charge >= 0.3 is 0 Å². The molecule has 0 atom stereocenters. The number of hydrogen-bond donors (Lipinski definition) is 1. The van der Waals surface area contributed by atoms with Crippen LogP contribution in [0.15, 0.2) is 73.1 Å². The highest BCUT2D eigenvalue weighted by Crippen LogP contribution is 2.28. The van der Waals surface area contributed by atoms with Gasteiger partial charge in [-0.2, -0.15) is 5.10 Å². The molecule has 192 valence electrons. The van der Waals surface area contributed by atoms with Crippen molar-refractivity contribution < 1.29 is 9.59 Å². The smallest absolute Gasteiger partial charge is 0.254 e. The van der Waals surface area contributed by atoms with Gasteiger partial charge in [-0.05, 0) is 69.0 Å². The molecule has 2 heterocycles. The van der Waals surface area contributed by atoms with Crippen molar-refractivity contribution in [2.45, 2.75) is 39.8 Å². The molecule has 1 N–H and O–H groups in total. The van der Waals surface area contributed by atoms with Crippen molar-refractivity contribution in [1.29, 1.82) is 0 Å². The van der Waals surface area contributed by atoms with E-state index in [1.54, 1.807) is 36.1 Å². The fourth-order valence-corrected chi connectivity index (χ4v) is 5.04. The van der Waals surface area contributed by atoms with Crippen LogP contribution in [0.1, 0.15) is 49.8 Å². The van der Waals surface area contributed by atoms with Gasteiger partial charge in [0, 0.05) is 16.6 Å². The van der Waals surface area contributed by atoms with Crippen molar-refractivity contribution in [2.75, 3.05) is 0 Å². The average Bonchev–Trinajstić information content (AvgIpc) is 3.48. The minimum atomic E-state index is -0.298. The number of carbonyl (C=O) groups excluding carboxylic acids is 2. The maximum atomic E-state index is 13.2. The van der Waals surface area contributed by atoms with Crippen LogP contribution in [0, 0.1) is 13.8 Å². The predicted octanol–water partition coefficient (Wildman–Crippen LogP) is 5.87. The molecule has 38 heavy (non-hydrogen) atoms. The summed E-state index contributed by atoms with van der Waals surface area (Å²) in [5, 5.41) is 8.50. The van der Waals surface area contributed by atoms with Crippen LogP contribution in [-0.4, -0.2) is 31.5 Å². The van der Waals surface area contributed by atoms with Crippen molar-refractivity contribution in [1.82, 2.24) is 24.6 Å². The molecule has 2 aromatic heterocycles. The minimum absolute atomic E-state index is 0.216. The second kappa shape index (κ2) is 11.0. The summed E-state index contributed by atoms with van der Waals surface area (Å²) in [6.45, 7) is 4.03. The normalized spacial score (nSPS) is 11.1. The highest BCUT2D eigenvalue weighted by atomic mass is 35.5. The lowest BCUT2D eigenvalue weighted by molar-refractivity contribution is 0.0942. The van der Waals surface area contributed by atoms with Gasteiger partial charge in [0.05, 0.1) is 28.5 Å². The Kier molecular flexibility index (Phi) is 7.38. The van der Waals surface area contributed by atoms with Crippen LogP contribution in [-0.2, 0) is 19.5 Å². The van der Waals surface area contributed by atoms with E-state index in [9.17, 15) is 9.59 Å². The van der Waals surface area contributed by atoms with Gasteiger partial charge < -0.3 is 9.88 Å². The lowest BCUT2D eigenvalue weighted by Gasteiger charge is -2.14. The standard InChI is InChI=1S/C30H28ClN5O2/c1-20-11-14-29-25(15-20)26(17-37)28(10-6-9-22-7-4-3-5-8-22)35(29)18-33-30(38)24-13-12-23(16-27(24)31)36-19-32-21(2)34-36/h3-5,7-8,11-17,19H,6,9-10,18H2,1-2H3,(H,33,38). The maximum Gasteiger partial charge on any atom is 0.254 e. The summed E-state index contributed by atoms with van der Waals surface area (Å²) in [6, 6.07) is 21.5. The van der Waals surface area contributed by atoms with E-state index in [0.717, 1.165) is 47.0 Å². The number of benzene rings is 3. The molecule has 5 rings (SSSR count). The number of nitrogens with zero attached hydrogens (tertiary/aromatic N) is 4. The number of carbonyl (C=O) groups is 2. The zero-order valence-electron chi connectivity index (χ0n) is 21.3. The number of aromatic nitrogens is 4. The Morgan fingerprint density at radius 1 is 1.03 bits per heavy atom. The first-order valence-electron chi connectivity index (χ1n) is 12.5. The highest BCUT2D eigenvalue weighted by molar-refractivity contribution is 6.34. The number of rotatable bonds is 9. The van der Waals surface area contributed by atoms with E-state index in [2.05, 4.69) is 27.5 Å². The minimum Gasteiger partial charge on any atom is -0.334 e. The molecule has 0 unspecified atom stereocenters. The summed E-state index contributed by atoms with van der Waals surface area (Å²) in [5.74, 6) is 0.347. The van der Waals surface area contributed by atoms with E-state index in [1.165, 1.54) is 5.56 Å². The molecule has 0 saturated heterocycles. The summed E-state index contributed by atoms with van der Waals surface area (Å²) >= 11 is 6.48. The van der Waals surface area contributed by atoms with Gasteiger partial charge in [-0.25, -0.2) is 9.67 Å². The van der Waals surface area contributed by atoms with Crippen LogP contribution < -0.4 is 5.32 Å². The van der Waals surface area contributed by atoms with E-state index in [0.29, 0.717) is 28.4 Å². The van der Waals surface area contributed by atoms with Gasteiger partial charge in [-0.3, -0.25) is 9.59 Å². The van der Waals surface area contributed by atoms with Crippen molar-refractivity contribution in [3.63, 3.8) is 0 Å². The van der Waals surface area contributed by atoms with Crippen LogP contribution in [0.4, 0.5) is 0 Å². The first kappa shape index (κ1) is 25.4. The molecule has 0 spiro atoms. The molecule has 0 aliphatic rings. The number of nitrogens with one attached hydrogen (secondary N) is 1. The quantitative estimate of drug-likeness (QED) is 0.244. The third kappa shape index (κ3) is 5.24. The summed E-state index contributed by atoms with van der Waals surface area (Å²) in [5.41, 5.74) is 5.92. The predicted molar refractivity (Wildman–Crippen MR) is 149 cm³/mol. The van der Waals surface area contributed by atoms with Gasteiger partial charge in [0.2, 0.25) is 0 Å². The van der Waals surface area contributed by atoms with E-state index < -0.39 is 0 Å². The number of halogens is 1. The summed E-state index contributed by atoms with van der Waals surface area (Å²) in [7, 11) is 0. The van der Waals surface area contributed by atoms with Crippen LogP contribution in [0.5, 0.6) is 0 Å². The van der Waals surface area contributed by atoms with E-state index in [1.807, 2.05) is 47.9 Å². The highest BCUT2D eigenvalue weighted by Gasteiger charge is 2.18. The lowest BCUT2D eigenvalue weighted by Crippen LogP contribution is -2.27. The molecule has 0 aliphatic heterocycles. The van der Waals surface area contributed by atoms with E-state index >= 15 is 0 Å². The van der Waals surface area contributed by atoms with E-state index in [-0.39, 0.29) is 12.6 Å². The van der Waals surface area contributed by atoms with Crippen molar-refractivity contribution in [3.8, 4) is 5.69 Å². The molecule has 8 heteroatoms. The average molecular weight is 526 g/mol. The number of hydrogen-bond acceptors (Lipinski definition) is 4. The van der Waals surface area contributed by atoms with Gasteiger partial charge in [0.25, 0.3) is 5.91 Å². The van der Waals surface area contributed by atoms with Gasteiger partial charge in [-0.1, -0.05) is 53.6 Å². The molecule has 0 aliphatic carbocycles. The third-order valence-corrected chi connectivity index (χ3v) is 6.99. The van der Waals surface area contributed by atoms with E-state index in [4.69, 9.17) is 11.6 Å². The van der Waals surface area contributed by atoms with Gasteiger partial charge in [0.15, 0.2) is 6.29 Å². The molecular formula is C30H28ClN5O2. The number of amides is 1. The largest absolute Gasteiger partial charge is 0.334 e. The molecule has 0 bridgehead atoms. The molecule has 5 aromatic rings. The zero-order valence-corrected chi connectivity index (χ0v) is 22.1. The maximum absolute atomic E-state index is 13.2. The van der Waals surface area contributed by atoms with Gasteiger partial charge in [0.1, 0.15) is 12.2 Å². The number of aryl methyl sites for hydroxylation is 3. The molecule has 0 saturated carbocycles. The fourth-order valence-electron chi connectivity index (χ4n) is 4.78. The zero-order chi connectivity index (χ0) is 26.6. The van der Waals surface area contributed by atoms with Crippen LogP contribution in [0.3, 0.4) is 0 Å². The van der Waals surface area contributed by atoms with Crippen molar-refractivity contribution in [3.05, 3.63) is 112 Å². The Hall–Kier alpha value is -4.23. The molecular weight excluding hydrogens is 498 g/mol. The van der Waals surface area contributed by atoms with Crippen LogP contribution >= 0.6 is 11.6 Å². The fraction of sp³-hybridized carbons (Fsp3) is 0.200. The summed E-state index contributed by atoms with van der Waals surface area (Å²) < 4.78 is 3.64. The Morgan fingerprint density at radius 2 is 1.84 bits per heavy atom. The Morgan fingerprint density at radius 3 is 2.55 bits per heavy atom. The van der Waals surface area contributed by atoms with Crippen LogP contribution in [0.25, 0.3) is 16.6 Å². The number of fused-ring (bicyclic) bond motifs is 1. The molecule has 7 nitrogen and oxygen atoms in total. The summed E-state index contributed by atoms with van der Waals surface area (Å²) in [4.78, 5) is 29.5. The Labute approximate surface area is 226 Å². The number of aldehydes is 1. The van der Waals surface area contributed by atoms with Gasteiger partial charge in [-0.15, -0.1) is 0 Å². The molecule has 3 aromatic carbocycles. The first-order valence-corrected chi connectivity index (χ1v) is 12.9. The van der Waals surface area contributed by atoms with Crippen LogP contribution in [0.2, 0.25) is 5.02 Å². The third-order valence-electron chi connectivity index (χ3n) is 6.68. The molecule has 0 fully saturated rings.